The van der Waals surface area contributed by atoms with Crippen LogP contribution in [0.3, 0.4) is 0 Å². The van der Waals surface area contributed by atoms with Gasteiger partial charge in [-0.05, 0) is 57.2 Å². The van der Waals surface area contributed by atoms with Crippen molar-refractivity contribution < 1.29 is 9.59 Å². The first-order valence-electron chi connectivity index (χ1n) is 11.3. The number of pyridine rings is 1. The zero-order chi connectivity index (χ0) is 23.5. The molecule has 33 heavy (non-hydrogen) atoms. The fourth-order valence-corrected chi connectivity index (χ4v) is 4.55. The number of carbonyl (C=O) groups excluding carboxylic acids is 2. The Hall–Kier alpha value is -3.13. The van der Waals surface area contributed by atoms with Crippen LogP contribution < -0.4 is 16.4 Å². The number of nitrogens with two attached hydrogens (primary N) is 1. The van der Waals surface area contributed by atoms with Gasteiger partial charge in [-0.1, -0.05) is 23.7 Å². The lowest BCUT2D eigenvalue weighted by Gasteiger charge is -2.29. The van der Waals surface area contributed by atoms with Crippen molar-refractivity contribution in [1.82, 2.24) is 20.1 Å². The van der Waals surface area contributed by atoms with Crippen molar-refractivity contribution in [2.45, 2.75) is 58.2 Å². The molecule has 3 aromatic rings. The van der Waals surface area contributed by atoms with Crippen LogP contribution in [0.2, 0.25) is 5.02 Å². The molecule has 4 rings (SSSR count). The number of amides is 2. The molecule has 0 aliphatic heterocycles. The highest BCUT2D eigenvalue weighted by Gasteiger charge is 2.27. The van der Waals surface area contributed by atoms with Gasteiger partial charge in [-0.15, -0.1) is 0 Å². The second-order valence-electron chi connectivity index (χ2n) is 8.59. The number of anilines is 1. The molecule has 1 unspecified atom stereocenters. The molecule has 2 aromatic heterocycles. The van der Waals surface area contributed by atoms with Crippen LogP contribution in [-0.4, -0.2) is 32.6 Å². The van der Waals surface area contributed by atoms with E-state index >= 15 is 0 Å². The van der Waals surface area contributed by atoms with Gasteiger partial charge in [0.05, 0.1) is 28.9 Å². The van der Waals surface area contributed by atoms with E-state index in [1.807, 2.05) is 42.8 Å². The minimum Gasteiger partial charge on any atom is -0.381 e. The van der Waals surface area contributed by atoms with E-state index in [1.54, 1.807) is 12.4 Å². The number of rotatable bonds is 7. The molecule has 8 nitrogen and oxygen atoms in total. The number of carbonyl (C=O) groups is 2. The molecule has 1 fully saturated rings. The molecule has 1 saturated carbocycles. The first-order chi connectivity index (χ1) is 15.9. The van der Waals surface area contributed by atoms with Gasteiger partial charge in [0.2, 0.25) is 5.91 Å². The Morgan fingerprint density at radius 3 is 2.52 bits per heavy atom. The summed E-state index contributed by atoms with van der Waals surface area (Å²) in [6.07, 6.45) is 6.46. The summed E-state index contributed by atoms with van der Waals surface area (Å²) in [5, 5.41) is 12.5. The van der Waals surface area contributed by atoms with E-state index in [2.05, 4.69) is 20.7 Å². The van der Waals surface area contributed by atoms with Gasteiger partial charge in [0.1, 0.15) is 0 Å². The first kappa shape index (κ1) is 23.0. The van der Waals surface area contributed by atoms with Crippen molar-refractivity contribution >= 4 is 40.1 Å². The number of hydrogen-bond acceptors (Lipinski definition) is 5. The van der Waals surface area contributed by atoms with Crippen LogP contribution in [0.25, 0.3) is 11.0 Å². The van der Waals surface area contributed by atoms with Gasteiger partial charge in [0.25, 0.3) is 5.91 Å². The Morgan fingerprint density at radius 2 is 1.88 bits per heavy atom. The number of nitrogens with zero attached hydrogens (tertiary/aromatic N) is 3. The standard InChI is InChI=1S/C24H29ClN6O2/c1-3-31-23-19(13-28-31)21(30-18-10-6-16(7-11-18)22(26)32)20(12-27-23)24(33)29-14(2)15-4-8-17(25)9-5-15/h4-5,8-9,12-14,16,18H,3,6-7,10-11H2,1-2H3,(H2,26,32)(H,27,30)(H,29,33). The number of nitrogens with one attached hydrogen (secondary N) is 2. The van der Waals surface area contributed by atoms with Crippen molar-refractivity contribution in [1.29, 1.82) is 0 Å². The number of benzene rings is 1. The Labute approximate surface area is 197 Å². The number of halogens is 1. The smallest absolute Gasteiger partial charge is 0.255 e. The third kappa shape index (κ3) is 4.95. The van der Waals surface area contributed by atoms with E-state index < -0.39 is 0 Å². The molecule has 1 aromatic carbocycles. The summed E-state index contributed by atoms with van der Waals surface area (Å²) in [6, 6.07) is 7.34. The largest absolute Gasteiger partial charge is 0.381 e. The van der Waals surface area contributed by atoms with E-state index in [-0.39, 0.29) is 29.8 Å². The molecule has 1 aliphatic rings. The van der Waals surface area contributed by atoms with Gasteiger partial charge in [0, 0.05) is 29.7 Å². The van der Waals surface area contributed by atoms with Crippen molar-refractivity contribution in [3.63, 3.8) is 0 Å². The van der Waals surface area contributed by atoms with Crippen LogP contribution in [0.4, 0.5) is 5.69 Å². The molecular formula is C24H29ClN6O2. The minimum absolute atomic E-state index is 0.0775. The Morgan fingerprint density at radius 1 is 1.18 bits per heavy atom. The predicted molar refractivity (Wildman–Crippen MR) is 129 cm³/mol. The number of primary amides is 1. The van der Waals surface area contributed by atoms with E-state index in [1.165, 1.54) is 0 Å². The highest BCUT2D eigenvalue weighted by atomic mass is 35.5. The summed E-state index contributed by atoms with van der Waals surface area (Å²) in [4.78, 5) is 29.4. The maximum absolute atomic E-state index is 13.3. The van der Waals surface area contributed by atoms with E-state index in [0.29, 0.717) is 17.1 Å². The fourth-order valence-electron chi connectivity index (χ4n) is 4.42. The fraction of sp³-hybridized carbons (Fsp3) is 0.417. The van der Waals surface area contributed by atoms with Crippen molar-refractivity contribution in [2.75, 3.05) is 5.32 Å². The van der Waals surface area contributed by atoms with Gasteiger partial charge in [-0.25, -0.2) is 9.67 Å². The molecule has 0 radical (unpaired) electrons. The Balaban J connectivity index is 1.61. The molecular weight excluding hydrogens is 440 g/mol. The molecule has 0 saturated heterocycles. The Kier molecular flexibility index (Phi) is 6.83. The highest BCUT2D eigenvalue weighted by molar-refractivity contribution is 6.30. The van der Waals surface area contributed by atoms with Crippen LogP contribution in [0.1, 0.15) is 61.5 Å². The zero-order valence-electron chi connectivity index (χ0n) is 18.8. The summed E-state index contributed by atoms with van der Waals surface area (Å²) >= 11 is 5.99. The molecule has 9 heteroatoms. The van der Waals surface area contributed by atoms with E-state index in [0.717, 1.165) is 48.0 Å². The normalized spacial score (nSPS) is 19.2. The number of hydrogen-bond donors (Lipinski definition) is 3. The quantitative estimate of drug-likeness (QED) is 0.483. The lowest BCUT2D eigenvalue weighted by molar-refractivity contribution is -0.122. The molecule has 1 aliphatic carbocycles. The monoisotopic (exact) mass is 468 g/mol. The van der Waals surface area contributed by atoms with Crippen molar-refractivity contribution in [3.8, 4) is 0 Å². The summed E-state index contributed by atoms with van der Waals surface area (Å²) in [5.41, 5.74) is 8.37. The summed E-state index contributed by atoms with van der Waals surface area (Å²) in [5.74, 6) is -0.531. The number of aromatic nitrogens is 3. The molecule has 0 spiro atoms. The van der Waals surface area contributed by atoms with E-state index in [9.17, 15) is 9.59 Å². The maximum atomic E-state index is 13.3. The SMILES string of the molecule is CCn1ncc2c(NC3CCC(C(N)=O)CC3)c(C(=O)NC(C)c3ccc(Cl)cc3)cnc21. The summed E-state index contributed by atoms with van der Waals surface area (Å²) < 4.78 is 1.81. The average molecular weight is 469 g/mol. The molecule has 174 valence electrons. The van der Waals surface area contributed by atoms with Crippen LogP contribution in [0.15, 0.2) is 36.7 Å². The highest BCUT2D eigenvalue weighted by Crippen LogP contribution is 2.32. The summed E-state index contributed by atoms with van der Waals surface area (Å²) in [6.45, 7) is 4.61. The maximum Gasteiger partial charge on any atom is 0.255 e. The zero-order valence-corrected chi connectivity index (χ0v) is 19.6. The average Bonchev–Trinajstić information content (AvgIpc) is 3.23. The minimum atomic E-state index is -0.236. The molecule has 2 heterocycles. The molecule has 0 bridgehead atoms. The van der Waals surface area contributed by atoms with Gasteiger partial charge in [0.15, 0.2) is 5.65 Å². The van der Waals surface area contributed by atoms with E-state index in [4.69, 9.17) is 17.3 Å². The second kappa shape index (κ2) is 9.79. The van der Waals surface area contributed by atoms with Gasteiger partial charge in [-0.2, -0.15) is 5.10 Å². The lowest BCUT2D eigenvalue weighted by Crippen LogP contribution is -2.33. The van der Waals surface area contributed by atoms with Crippen molar-refractivity contribution in [2.24, 2.45) is 11.7 Å². The second-order valence-corrected chi connectivity index (χ2v) is 9.02. The predicted octanol–water partition coefficient (Wildman–Crippen LogP) is 4.05. The first-order valence-corrected chi connectivity index (χ1v) is 11.7. The van der Waals surface area contributed by atoms with Crippen LogP contribution in [0, 0.1) is 5.92 Å². The molecule has 2 amide bonds. The summed E-state index contributed by atoms with van der Waals surface area (Å²) in [7, 11) is 0. The van der Waals surface area contributed by atoms with Crippen LogP contribution in [0.5, 0.6) is 0 Å². The van der Waals surface area contributed by atoms with Gasteiger partial charge in [-0.3, -0.25) is 9.59 Å². The number of fused-ring (bicyclic) bond motifs is 1. The van der Waals surface area contributed by atoms with Crippen LogP contribution in [-0.2, 0) is 11.3 Å². The Bertz CT molecular complexity index is 1150. The van der Waals surface area contributed by atoms with Gasteiger partial charge < -0.3 is 16.4 Å². The number of aryl methyl sites for hydroxylation is 1. The molecule has 4 N–H and O–H groups in total. The topological polar surface area (TPSA) is 115 Å². The third-order valence-electron chi connectivity index (χ3n) is 6.41. The van der Waals surface area contributed by atoms with Gasteiger partial charge >= 0.3 is 0 Å². The third-order valence-corrected chi connectivity index (χ3v) is 6.66. The van der Waals surface area contributed by atoms with Crippen molar-refractivity contribution in [3.05, 3.63) is 52.8 Å². The molecule has 1 atom stereocenters. The van der Waals surface area contributed by atoms with Crippen LogP contribution >= 0.6 is 11.6 Å². The lowest BCUT2D eigenvalue weighted by atomic mass is 9.85.